The Kier molecular flexibility index (Phi) is 5.82. The van der Waals surface area contributed by atoms with E-state index in [1.807, 2.05) is 17.5 Å². The van der Waals surface area contributed by atoms with E-state index in [0.717, 1.165) is 22.2 Å². The molecule has 2 heterocycles. The van der Waals surface area contributed by atoms with E-state index in [1.54, 1.807) is 18.0 Å². The van der Waals surface area contributed by atoms with Crippen LogP contribution in [0.2, 0.25) is 0 Å². The number of carbonyl (C=O) groups is 2. The van der Waals surface area contributed by atoms with E-state index in [1.165, 1.54) is 18.4 Å². The van der Waals surface area contributed by atoms with Crippen LogP contribution in [0.5, 0.6) is 0 Å². The summed E-state index contributed by atoms with van der Waals surface area (Å²) in [5, 5.41) is 7.39. The highest BCUT2D eigenvalue weighted by Crippen LogP contribution is 2.25. The van der Waals surface area contributed by atoms with Gasteiger partial charge in [0.15, 0.2) is 10.8 Å². The number of thioether (sulfide) groups is 1. The highest BCUT2D eigenvalue weighted by atomic mass is 32.2. The molecule has 0 aliphatic carbocycles. The molecule has 2 aromatic rings. The van der Waals surface area contributed by atoms with E-state index in [2.05, 4.69) is 15.6 Å². The molecule has 0 aliphatic heterocycles. The molecule has 112 valence electrons. The van der Waals surface area contributed by atoms with Crippen LogP contribution in [0, 0.1) is 0 Å². The van der Waals surface area contributed by atoms with E-state index in [0.29, 0.717) is 12.2 Å². The minimum Gasteiger partial charge on any atom is -0.462 e. The Morgan fingerprint density at radius 2 is 2.33 bits per heavy atom. The average Bonchev–Trinajstić information content (AvgIpc) is 3.14. The Bertz CT molecular complexity index is 596. The zero-order valence-corrected chi connectivity index (χ0v) is 13.1. The number of imide groups is 1. The molecule has 0 atom stereocenters. The number of hydrogen-bond acceptors (Lipinski definition) is 6. The van der Waals surface area contributed by atoms with Gasteiger partial charge in [0.1, 0.15) is 0 Å². The summed E-state index contributed by atoms with van der Waals surface area (Å²) in [5.74, 6) is 1.85. The number of amides is 3. The Hall–Kier alpha value is -1.80. The Morgan fingerprint density at radius 3 is 3.05 bits per heavy atom. The molecule has 8 heteroatoms. The first kappa shape index (κ1) is 15.6. The van der Waals surface area contributed by atoms with Gasteiger partial charge in [0.05, 0.1) is 12.0 Å². The first-order chi connectivity index (χ1) is 10.2. The molecule has 0 saturated heterocycles. The highest BCUT2D eigenvalue weighted by Gasteiger charge is 2.08. The maximum absolute atomic E-state index is 11.4. The molecule has 0 radical (unpaired) electrons. The summed E-state index contributed by atoms with van der Waals surface area (Å²) in [7, 11) is 1.47. The zero-order chi connectivity index (χ0) is 15.1. The predicted octanol–water partition coefficient (Wildman–Crippen LogP) is 2.48. The van der Waals surface area contributed by atoms with Crippen LogP contribution in [0.1, 0.15) is 12.1 Å². The molecule has 0 aromatic carbocycles. The molecule has 2 N–H and O–H groups in total. The first-order valence-corrected chi connectivity index (χ1v) is 8.30. The lowest BCUT2D eigenvalue weighted by molar-refractivity contribution is -0.119. The quantitative estimate of drug-likeness (QED) is 0.797. The number of nitrogens with zero attached hydrogens (tertiary/aromatic N) is 1. The van der Waals surface area contributed by atoms with Crippen molar-refractivity contribution in [2.45, 2.75) is 12.2 Å². The maximum Gasteiger partial charge on any atom is 0.321 e. The van der Waals surface area contributed by atoms with Crippen LogP contribution in [0.15, 0.2) is 28.2 Å². The van der Waals surface area contributed by atoms with E-state index >= 15 is 0 Å². The fourth-order valence-electron chi connectivity index (χ4n) is 1.48. The van der Waals surface area contributed by atoms with Crippen LogP contribution in [-0.4, -0.2) is 29.7 Å². The van der Waals surface area contributed by atoms with Gasteiger partial charge in [-0.2, -0.15) is 11.8 Å². The minimum atomic E-state index is -0.479. The van der Waals surface area contributed by atoms with Gasteiger partial charge in [-0.05, 0) is 12.1 Å². The molecule has 2 rings (SSSR count). The van der Waals surface area contributed by atoms with Crippen LogP contribution in [0.4, 0.5) is 4.79 Å². The van der Waals surface area contributed by atoms with Crippen LogP contribution in [0.3, 0.4) is 0 Å². The van der Waals surface area contributed by atoms with Crippen molar-refractivity contribution in [3.63, 3.8) is 0 Å². The van der Waals surface area contributed by atoms with Gasteiger partial charge in [-0.25, -0.2) is 9.78 Å². The second-order valence-corrected chi connectivity index (χ2v) is 6.01. The van der Waals surface area contributed by atoms with Crippen molar-refractivity contribution >= 4 is 35.0 Å². The maximum atomic E-state index is 11.4. The second kappa shape index (κ2) is 7.84. The number of furan rings is 1. The molecule has 0 unspecified atom stereocenters. The highest BCUT2D eigenvalue weighted by molar-refractivity contribution is 7.98. The van der Waals surface area contributed by atoms with Gasteiger partial charge in [-0.15, -0.1) is 11.3 Å². The van der Waals surface area contributed by atoms with Gasteiger partial charge in [0, 0.05) is 30.4 Å². The monoisotopic (exact) mass is 325 g/mol. The number of nitrogens with one attached hydrogen (secondary N) is 2. The van der Waals surface area contributed by atoms with Crippen molar-refractivity contribution in [1.82, 2.24) is 15.6 Å². The predicted molar refractivity (Wildman–Crippen MR) is 83.2 cm³/mol. The Labute approximate surface area is 130 Å². The number of rotatable bonds is 6. The number of hydrogen-bond donors (Lipinski definition) is 2. The standard InChI is InChI=1S/C13H15N3O3S2/c1-14-13(18)16-11(17)4-6-20-7-9-8-21-12(15-9)10-3-2-5-19-10/h2-3,5,8H,4,6-7H2,1H3,(H2,14,16,17,18). The van der Waals surface area contributed by atoms with Crippen molar-refractivity contribution in [3.05, 3.63) is 29.5 Å². The lowest BCUT2D eigenvalue weighted by Crippen LogP contribution is -2.37. The average molecular weight is 325 g/mol. The largest absolute Gasteiger partial charge is 0.462 e. The lowest BCUT2D eigenvalue weighted by Gasteiger charge is -2.02. The van der Waals surface area contributed by atoms with Crippen LogP contribution in [-0.2, 0) is 10.5 Å². The van der Waals surface area contributed by atoms with E-state index in [4.69, 9.17) is 4.42 Å². The summed E-state index contributed by atoms with van der Waals surface area (Å²) >= 11 is 3.13. The van der Waals surface area contributed by atoms with Crippen LogP contribution in [0.25, 0.3) is 10.8 Å². The molecule has 6 nitrogen and oxygen atoms in total. The summed E-state index contributed by atoms with van der Waals surface area (Å²) in [6.45, 7) is 0. The molecular weight excluding hydrogens is 310 g/mol. The van der Waals surface area contributed by atoms with Crippen LogP contribution >= 0.6 is 23.1 Å². The van der Waals surface area contributed by atoms with E-state index in [-0.39, 0.29) is 5.91 Å². The lowest BCUT2D eigenvalue weighted by atomic mass is 10.4. The third kappa shape index (κ3) is 4.91. The molecule has 0 aliphatic rings. The second-order valence-electron chi connectivity index (χ2n) is 4.05. The Balaban J connectivity index is 1.70. The van der Waals surface area contributed by atoms with E-state index < -0.39 is 6.03 Å². The third-order valence-corrected chi connectivity index (χ3v) is 4.39. The third-order valence-electron chi connectivity index (χ3n) is 2.49. The van der Waals surface area contributed by atoms with Gasteiger partial charge in [0.25, 0.3) is 0 Å². The van der Waals surface area contributed by atoms with Gasteiger partial charge in [0.2, 0.25) is 5.91 Å². The summed E-state index contributed by atoms with van der Waals surface area (Å²) in [6, 6.07) is 3.22. The molecular formula is C13H15N3O3S2. The summed E-state index contributed by atoms with van der Waals surface area (Å²) in [6.07, 6.45) is 1.92. The first-order valence-electron chi connectivity index (χ1n) is 6.26. The van der Waals surface area contributed by atoms with Crippen LogP contribution < -0.4 is 10.6 Å². The summed E-state index contributed by atoms with van der Waals surface area (Å²) in [4.78, 5) is 26.8. The summed E-state index contributed by atoms with van der Waals surface area (Å²) in [5.41, 5.74) is 0.961. The molecule has 0 fully saturated rings. The number of thiazole rings is 1. The van der Waals surface area contributed by atoms with Gasteiger partial charge >= 0.3 is 6.03 Å². The number of aromatic nitrogens is 1. The summed E-state index contributed by atoms with van der Waals surface area (Å²) < 4.78 is 5.29. The molecule has 0 saturated carbocycles. The molecule has 2 aromatic heterocycles. The molecule has 0 spiro atoms. The molecule has 3 amide bonds. The van der Waals surface area contributed by atoms with Gasteiger partial charge in [-0.3, -0.25) is 10.1 Å². The van der Waals surface area contributed by atoms with Crippen molar-refractivity contribution in [2.75, 3.05) is 12.8 Å². The topological polar surface area (TPSA) is 84.2 Å². The zero-order valence-electron chi connectivity index (χ0n) is 11.4. The smallest absolute Gasteiger partial charge is 0.321 e. The van der Waals surface area contributed by atoms with Gasteiger partial charge < -0.3 is 9.73 Å². The number of carbonyl (C=O) groups excluding carboxylic acids is 2. The van der Waals surface area contributed by atoms with E-state index in [9.17, 15) is 9.59 Å². The SMILES string of the molecule is CNC(=O)NC(=O)CCSCc1csc(-c2ccco2)n1. The normalized spacial score (nSPS) is 10.3. The molecule has 21 heavy (non-hydrogen) atoms. The van der Waals surface area contributed by atoms with Crippen molar-refractivity contribution in [1.29, 1.82) is 0 Å². The van der Waals surface area contributed by atoms with Crippen molar-refractivity contribution in [2.24, 2.45) is 0 Å². The van der Waals surface area contributed by atoms with Crippen molar-refractivity contribution < 1.29 is 14.0 Å². The molecule has 0 bridgehead atoms. The van der Waals surface area contributed by atoms with Gasteiger partial charge in [-0.1, -0.05) is 0 Å². The minimum absolute atomic E-state index is 0.281. The fraction of sp³-hybridized carbons (Fsp3) is 0.308. The Morgan fingerprint density at radius 1 is 1.48 bits per heavy atom. The fourth-order valence-corrected chi connectivity index (χ4v) is 3.20. The number of urea groups is 1. The van der Waals surface area contributed by atoms with Crippen molar-refractivity contribution in [3.8, 4) is 10.8 Å².